The van der Waals surface area contributed by atoms with Crippen molar-refractivity contribution < 1.29 is 4.79 Å². The summed E-state index contributed by atoms with van der Waals surface area (Å²) in [7, 11) is 0. The summed E-state index contributed by atoms with van der Waals surface area (Å²) < 4.78 is 0. The highest BCUT2D eigenvalue weighted by atomic mass is 16.2. The molecule has 88 valence electrons. The summed E-state index contributed by atoms with van der Waals surface area (Å²) in [4.78, 5) is 19.3. The number of nitrogens with two attached hydrogens (primary N) is 1. The fourth-order valence-corrected chi connectivity index (χ4v) is 1.13. The number of rotatable bonds is 5. The highest BCUT2D eigenvalue weighted by Gasteiger charge is 2.13. The molecule has 0 spiro atoms. The first-order valence-corrected chi connectivity index (χ1v) is 5.25. The van der Waals surface area contributed by atoms with Crippen LogP contribution in [-0.2, 0) is 4.79 Å². The molecule has 0 aliphatic rings. The average Bonchev–Trinajstić information content (AvgIpc) is 2.28. The molecule has 16 heavy (non-hydrogen) atoms. The second-order valence-electron chi connectivity index (χ2n) is 3.48. The third-order valence-corrected chi connectivity index (χ3v) is 2.04. The number of nitrogens with one attached hydrogen (secondary N) is 2. The van der Waals surface area contributed by atoms with Crippen LogP contribution in [0, 0.1) is 0 Å². The molecule has 1 aromatic heterocycles. The van der Waals surface area contributed by atoms with E-state index in [2.05, 4.69) is 20.6 Å². The Kier molecular flexibility index (Phi) is 4.50. The molecular weight excluding hydrogens is 206 g/mol. The van der Waals surface area contributed by atoms with Gasteiger partial charge in [0.1, 0.15) is 12.4 Å². The monoisotopic (exact) mass is 223 g/mol. The highest BCUT2D eigenvalue weighted by Crippen LogP contribution is 2.12. The summed E-state index contributed by atoms with van der Waals surface area (Å²) in [5.41, 5.74) is 6.08. The van der Waals surface area contributed by atoms with Crippen LogP contribution in [0.4, 0.5) is 11.5 Å². The van der Waals surface area contributed by atoms with E-state index in [1.165, 1.54) is 12.5 Å². The summed E-state index contributed by atoms with van der Waals surface area (Å²) >= 11 is 0. The predicted molar refractivity (Wildman–Crippen MR) is 62.8 cm³/mol. The summed E-state index contributed by atoms with van der Waals surface area (Å²) in [6.45, 7) is 4.43. The Bertz CT molecular complexity index is 355. The third-order valence-electron chi connectivity index (χ3n) is 2.04. The molecular formula is C10H17N5O. The average molecular weight is 223 g/mol. The lowest BCUT2D eigenvalue weighted by molar-refractivity contribution is -0.121. The Morgan fingerprint density at radius 3 is 3.00 bits per heavy atom. The maximum absolute atomic E-state index is 11.6. The van der Waals surface area contributed by atoms with Crippen LogP contribution in [0.5, 0.6) is 0 Å². The van der Waals surface area contributed by atoms with Crippen LogP contribution in [0.2, 0.25) is 0 Å². The van der Waals surface area contributed by atoms with Crippen molar-refractivity contribution in [3.63, 3.8) is 0 Å². The Labute approximate surface area is 94.7 Å². The van der Waals surface area contributed by atoms with Gasteiger partial charge in [0.05, 0.1) is 11.9 Å². The molecule has 6 heteroatoms. The minimum Gasteiger partial charge on any atom is -0.394 e. The van der Waals surface area contributed by atoms with Crippen LogP contribution >= 0.6 is 0 Å². The van der Waals surface area contributed by atoms with Gasteiger partial charge >= 0.3 is 0 Å². The van der Waals surface area contributed by atoms with Crippen molar-refractivity contribution in [2.45, 2.75) is 26.3 Å². The maximum atomic E-state index is 11.6. The number of carbonyl (C=O) groups is 1. The molecule has 0 fully saturated rings. The summed E-state index contributed by atoms with van der Waals surface area (Å²) in [5.74, 6) is 0.411. The Balaban J connectivity index is 2.54. The predicted octanol–water partition coefficient (Wildman–Crippen LogP) is 0.385. The number of anilines is 2. The number of aromatic nitrogens is 2. The largest absolute Gasteiger partial charge is 0.394 e. The molecule has 1 atom stereocenters. The zero-order chi connectivity index (χ0) is 12.0. The molecule has 0 aliphatic carbocycles. The SMILES string of the molecule is CCCNC(=O)C(C)Nc1ncncc1N. The van der Waals surface area contributed by atoms with E-state index in [0.29, 0.717) is 18.1 Å². The first-order valence-electron chi connectivity index (χ1n) is 5.25. The van der Waals surface area contributed by atoms with Gasteiger partial charge in [-0.05, 0) is 13.3 Å². The van der Waals surface area contributed by atoms with Crippen LogP contribution in [0.1, 0.15) is 20.3 Å². The molecule has 4 N–H and O–H groups in total. The third kappa shape index (κ3) is 3.38. The van der Waals surface area contributed by atoms with E-state index in [0.717, 1.165) is 6.42 Å². The fourth-order valence-electron chi connectivity index (χ4n) is 1.13. The lowest BCUT2D eigenvalue weighted by atomic mass is 10.3. The zero-order valence-corrected chi connectivity index (χ0v) is 9.53. The molecule has 1 unspecified atom stereocenters. The van der Waals surface area contributed by atoms with E-state index < -0.39 is 0 Å². The van der Waals surface area contributed by atoms with Crippen molar-refractivity contribution in [1.29, 1.82) is 0 Å². The van der Waals surface area contributed by atoms with Crippen LogP contribution in [0.3, 0.4) is 0 Å². The van der Waals surface area contributed by atoms with Crippen LogP contribution < -0.4 is 16.4 Å². The molecule has 1 aromatic rings. The van der Waals surface area contributed by atoms with E-state index in [1.807, 2.05) is 6.92 Å². The molecule has 0 bridgehead atoms. The van der Waals surface area contributed by atoms with Gasteiger partial charge in [-0.15, -0.1) is 0 Å². The first kappa shape index (κ1) is 12.2. The topological polar surface area (TPSA) is 92.9 Å². The quantitative estimate of drug-likeness (QED) is 0.671. The van der Waals surface area contributed by atoms with Gasteiger partial charge in [-0.3, -0.25) is 4.79 Å². The number of carbonyl (C=O) groups excluding carboxylic acids is 1. The van der Waals surface area contributed by atoms with Gasteiger partial charge < -0.3 is 16.4 Å². The van der Waals surface area contributed by atoms with Crippen LogP contribution in [-0.4, -0.2) is 28.5 Å². The lowest BCUT2D eigenvalue weighted by Gasteiger charge is -2.14. The van der Waals surface area contributed by atoms with Gasteiger partial charge in [-0.1, -0.05) is 6.92 Å². The van der Waals surface area contributed by atoms with Crippen molar-refractivity contribution >= 4 is 17.4 Å². The lowest BCUT2D eigenvalue weighted by Crippen LogP contribution is -2.38. The molecule has 1 heterocycles. The van der Waals surface area contributed by atoms with Crippen molar-refractivity contribution in [2.24, 2.45) is 0 Å². The Morgan fingerprint density at radius 1 is 1.62 bits per heavy atom. The molecule has 0 saturated carbocycles. The molecule has 0 radical (unpaired) electrons. The zero-order valence-electron chi connectivity index (χ0n) is 9.53. The normalized spacial score (nSPS) is 11.9. The van der Waals surface area contributed by atoms with Crippen LogP contribution in [0.15, 0.2) is 12.5 Å². The minimum absolute atomic E-state index is 0.0696. The molecule has 1 rings (SSSR count). The van der Waals surface area contributed by atoms with Gasteiger partial charge in [-0.2, -0.15) is 0 Å². The molecule has 0 aliphatic heterocycles. The summed E-state index contributed by atoms with van der Waals surface area (Å²) in [5, 5.41) is 5.72. The van der Waals surface area contributed by atoms with Gasteiger partial charge in [0.25, 0.3) is 0 Å². The molecule has 0 saturated heterocycles. The van der Waals surface area contributed by atoms with Gasteiger partial charge in [0, 0.05) is 6.54 Å². The van der Waals surface area contributed by atoms with Crippen molar-refractivity contribution in [2.75, 3.05) is 17.6 Å². The summed E-state index contributed by atoms with van der Waals surface area (Å²) in [6.07, 6.45) is 3.79. The minimum atomic E-state index is -0.372. The second kappa shape index (κ2) is 5.89. The molecule has 1 amide bonds. The summed E-state index contributed by atoms with van der Waals surface area (Å²) in [6, 6.07) is -0.372. The Hall–Kier alpha value is -1.85. The smallest absolute Gasteiger partial charge is 0.242 e. The number of nitrogens with zero attached hydrogens (tertiary/aromatic N) is 2. The fraction of sp³-hybridized carbons (Fsp3) is 0.500. The maximum Gasteiger partial charge on any atom is 0.242 e. The van der Waals surface area contributed by atoms with Gasteiger partial charge in [0.2, 0.25) is 5.91 Å². The van der Waals surface area contributed by atoms with Crippen molar-refractivity contribution in [3.05, 3.63) is 12.5 Å². The van der Waals surface area contributed by atoms with Gasteiger partial charge in [0.15, 0.2) is 5.82 Å². The van der Waals surface area contributed by atoms with E-state index in [1.54, 1.807) is 6.92 Å². The number of hydrogen-bond donors (Lipinski definition) is 3. The highest BCUT2D eigenvalue weighted by molar-refractivity contribution is 5.84. The molecule has 0 aromatic carbocycles. The van der Waals surface area contributed by atoms with Crippen LogP contribution in [0.25, 0.3) is 0 Å². The van der Waals surface area contributed by atoms with Crippen molar-refractivity contribution in [3.8, 4) is 0 Å². The van der Waals surface area contributed by atoms with E-state index in [-0.39, 0.29) is 11.9 Å². The molecule has 6 nitrogen and oxygen atoms in total. The standard InChI is InChI=1S/C10H17N5O/c1-3-4-13-10(16)7(2)15-9-8(11)5-12-6-14-9/h5-7H,3-4,11H2,1-2H3,(H,13,16)(H,12,14,15). The van der Waals surface area contributed by atoms with E-state index in [9.17, 15) is 4.79 Å². The second-order valence-corrected chi connectivity index (χ2v) is 3.48. The van der Waals surface area contributed by atoms with Crippen molar-refractivity contribution in [1.82, 2.24) is 15.3 Å². The Morgan fingerprint density at radius 2 is 2.38 bits per heavy atom. The first-order chi connectivity index (χ1) is 7.65. The number of nitrogen functional groups attached to an aromatic ring is 1. The van der Waals surface area contributed by atoms with E-state index >= 15 is 0 Å². The van der Waals surface area contributed by atoms with Gasteiger partial charge in [-0.25, -0.2) is 9.97 Å². The number of hydrogen-bond acceptors (Lipinski definition) is 5. The number of amides is 1. The van der Waals surface area contributed by atoms with E-state index in [4.69, 9.17) is 5.73 Å².